The molecule has 0 atom stereocenters. The molecule has 0 aliphatic carbocycles. The van der Waals surface area contributed by atoms with Gasteiger partial charge in [-0.1, -0.05) is 19.4 Å². The third-order valence-electron chi connectivity index (χ3n) is 4.42. The van der Waals surface area contributed by atoms with Gasteiger partial charge in [0.1, 0.15) is 5.56 Å². The van der Waals surface area contributed by atoms with Crippen molar-refractivity contribution in [2.24, 2.45) is 0 Å². The predicted molar refractivity (Wildman–Crippen MR) is 94.3 cm³/mol. The largest absolute Gasteiger partial charge is 0.398 e. The van der Waals surface area contributed by atoms with E-state index in [1.165, 1.54) is 0 Å². The third kappa shape index (κ3) is 3.01. The van der Waals surface area contributed by atoms with Crippen molar-refractivity contribution in [2.75, 3.05) is 32.0 Å². The maximum Gasteiger partial charge on any atom is 0.259 e. The van der Waals surface area contributed by atoms with Crippen molar-refractivity contribution in [1.82, 2.24) is 9.47 Å². The van der Waals surface area contributed by atoms with Gasteiger partial charge in [0.15, 0.2) is 0 Å². The van der Waals surface area contributed by atoms with Crippen molar-refractivity contribution in [2.45, 2.75) is 26.3 Å². The number of pyridine rings is 1. The Hall–Kier alpha value is -2.34. The predicted octanol–water partition coefficient (Wildman–Crippen LogP) is 1.86. The Labute approximate surface area is 140 Å². The minimum atomic E-state index is -0.285. The van der Waals surface area contributed by atoms with Gasteiger partial charge in [-0.3, -0.25) is 9.59 Å². The van der Waals surface area contributed by atoms with Gasteiger partial charge in [0, 0.05) is 31.5 Å². The number of unbranched alkanes of at least 4 members (excludes halogenated alkanes) is 1. The third-order valence-corrected chi connectivity index (χ3v) is 4.42. The van der Waals surface area contributed by atoms with Gasteiger partial charge in [0.2, 0.25) is 5.43 Å². The van der Waals surface area contributed by atoms with Crippen LogP contribution in [0.5, 0.6) is 0 Å². The fraction of sp³-hybridized carbons (Fsp3) is 0.444. The Morgan fingerprint density at radius 1 is 1.29 bits per heavy atom. The maximum atomic E-state index is 12.9. The number of fused-ring (bicyclic) bond motifs is 1. The van der Waals surface area contributed by atoms with Gasteiger partial charge >= 0.3 is 0 Å². The molecule has 1 aromatic carbocycles. The highest BCUT2D eigenvalue weighted by atomic mass is 16.5. The number of hydrogen-bond donors (Lipinski definition) is 1. The SMILES string of the molecule is CCCCn1cc(C(=O)N2CCOCC2)c(=O)c2c(N)cccc21. The van der Waals surface area contributed by atoms with E-state index in [0.29, 0.717) is 37.4 Å². The summed E-state index contributed by atoms with van der Waals surface area (Å²) in [5.74, 6) is -0.237. The Morgan fingerprint density at radius 2 is 2.04 bits per heavy atom. The summed E-state index contributed by atoms with van der Waals surface area (Å²) >= 11 is 0. The average molecular weight is 329 g/mol. The number of carbonyl (C=O) groups is 1. The number of morpholine rings is 1. The van der Waals surface area contributed by atoms with Crippen LogP contribution in [-0.4, -0.2) is 41.7 Å². The Bertz CT molecular complexity index is 807. The highest BCUT2D eigenvalue weighted by molar-refractivity contribution is 6.00. The van der Waals surface area contributed by atoms with E-state index >= 15 is 0 Å². The molecule has 1 aliphatic heterocycles. The number of ether oxygens (including phenoxy) is 1. The molecular formula is C18H23N3O3. The van der Waals surface area contributed by atoms with Crippen molar-refractivity contribution in [3.8, 4) is 0 Å². The summed E-state index contributed by atoms with van der Waals surface area (Å²) < 4.78 is 7.26. The first-order chi connectivity index (χ1) is 11.6. The van der Waals surface area contributed by atoms with Crippen LogP contribution in [0.4, 0.5) is 5.69 Å². The lowest BCUT2D eigenvalue weighted by Gasteiger charge is -2.27. The number of nitrogens with zero attached hydrogens (tertiary/aromatic N) is 2. The molecular weight excluding hydrogens is 306 g/mol. The molecule has 2 heterocycles. The van der Waals surface area contributed by atoms with Crippen LogP contribution in [0.3, 0.4) is 0 Å². The first-order valence-corrected chi connectivity index (χ1v) is 8.42. The molecule has 1 amide bonds. The molecule has 2 N–H and O–H groups in total. The van der Waals surface area contributed by atoms with E-state index in [-0.39, 0.29) is 16.9 Å². The second-order valence-electron chi connectivity index (χ2n) is 6.06. The van der Waals surface area contributed by atoms with Gasteiger partial charge in [-0.25, -0.2) is 0 Å². The highest BCUT2D eigenvalue weighted by Gasteiger charge is 2.23. The van der Waals surface area contributed by atoms with Crippen molar-refractivity contribution in [1.29, 1.82) is 0 Å². The van der Waals surface area contributed by atoms with Gasteiger partial charge in [0.05, 0.1) is 24.1 Å². The second kappa shape index (κ2) is 7.05. The summed E-state index contributed by atoms with van der Waals surface area (Å²) in [5.41, 5.74) is 7.15. The summed E-state index contributed by atoms with van der Waals surface area (Å²) in [6.45, 7) is 4.89. The molecule has 1 aliphatic rings. The Kier molecular flexibility index (Phi) is 4.85. The molecule has 0 spiro atoms. The molecule has 6 heteroatoms. The molecule has 128 valence electrons. The Morgan fingerprint density at radius 3 is 2.75 bits per heavy atom. The fourth-order valence-electron chi connectivity index (χ4n) is 3.07. The van der Waals surface area contributed by atoms with Gasteiger partial charge in [-0.2, -0.15) is 0 Å². The van der Waals surface area contributed by atoms with Gasteiger partial charge in [-0.05, 0) is 18.6 Å². The lowest BCUT2D eigenvalue weighted by Crippen LogP contribution is -2.42. The molecule has 1 saturated heterocycles. The summed E-state index contributed by atoms with van der Waals surface area (Å²) in [7, 11) is 0. The van der Waals surface area contributed by atoms with Crippen molar-refractivity contribution in [3.05, 3.63) is 40.2 Å². The summed E-state index contributed by atoms with van der Waals surface area (Å²) in [4.78, 5) is 27.4. The summed E-state index contributed by atoms with van der Waals surface area (Å²) in [6, 6.07) is 5.42. The van der Waals surface area contributed by atoms with Gasteiger partial charge in [0.25, 0.3) is 5.91 Å². The van der Waals surface area contributed by atoms with Gasteiger partial charge < -0.3 is 19.9 Å². The molecule has 0 bridgehead atoms. The number of aryl methyl sites for hydroxylation is 1. The maximum absolute atomic E-state index is 12.9. The topological polar surface area (TPSA) is 77.6 Å². The zero-order valence-corrected chi connectivity index (χ0v) is 14.0. The summed E-state index contributed by atoms with van der Waals surface area (Å²) in [5, 5.41) is 0.438. The van der Waals surface area contributed by atoms with E-state index in [1.807, 2.05) is 16.7 Å². The fourth-order valence-corrected chi connectivity index (χ4v) is 3.07. The molecule has 0 radical (unpaired) electrons. The van der Waals surface area contributed by atoms with Crippen LogP contribution in [0.1, 0.15) is 30.1 Å². The highest BCUT2D eigenvalue weighted by Crippen LogP contribution is 2.20. The number of amides is 1. The number of nitrogen functional groups attached to an aromatic ring is 1. The van der Waals surface area contributed by atoms with E-state index < -0.39 is 0 Å². The molecule has 1 fully saturated rings. The van der Waals surface area contributed by atoms with Crippen molar-refractivity contribution < 1.29 is 9.53 Å². The monoisotopic (exact) mass is 329 g/mol. The second-order valence-corrected chi connectivity index (χ2v) is 6.06. The van der Waals surface area contributed by atoms with Crippen LogP contribution in [-0.2, 0) is 11.3 Å². The molecule has 2 aromatic rings. The molecule has 0 unspecified atom stereocenters. The molecule has 6 nitrogen and oxygen atoms in total. The van der Waals surface area contributed by atoms with E-state index in [0.717, 1.165) is 24.9 Å². The standard InChI is InChI=1S/C18H23N3O3/c1-2-3-7-21-12-13(18(23)20-8-10-24-11-9-20)17(22)16-14(19)5-4-6-15(16)21/h4-6,12H,2-3,7-11,19H2,1H3. The van der Waals surface area contributed by atoms with Crippen molar-refractivity contribution >= 4 is 22.5 Å². The quantitative estimate of drug-likeness (QED) is 0.869. The first-order valence-electron chi connectivity index (χ1n) is 8.42. The minimum Gasteiger partial charge on any atom is -0.398 e. The lowest BCUT2D eigenvalue weighted by atomic mass is 10.1. The van der Waals surface area contributed by atoms with Crippen LogP contribution in [0, 0.1) is 0 Å². The molecule has 24 heavy (non-hydrogen) atoms. The zero-order valence-electron chi connectivity index (χ0n) is 14.0. The molecule has 0 saturated carbocycles. The normalized spacial score (nSPS) is 15.0. The summed E-state index contributed by atoms with van der Waals surface area (Å²) in [6.07, 6.45) is 3.69. The van der Waals surface area contributed by atoms with Crippen LogP contribution in [0.15, 0.2) is 29.2 Å². The van der Waals surface area contributed by atoms with Crippen molar-refractivity contribution in [3.63, 3.8) is 0 Å². The van der Waals surface area contributed by atoms with Crippen LogP contribution in [0.2, 0.25) is 0 Å². The number of rotatable bonds is 4. The minimum absolute atomic E-state index is 0.193. The number of anilines is 1. The number of carbonyl (C=O) groups excluding carboxylic acids is 1. The lowest BCUT2D eigenvalue weighted by molar-refractivity contribution is 0.0301. The number of aromatic nitrogens is 1. The molecule has 1 aromatic heterocycles. The smallest absolute Gasteiger partial charge is 0.259 e. The average Bonchev–Trinajstić information content (AvgIpc) is 2.61. The van der Waals surface area contributed by atoms with E-state index in [2.05, 4.69) is 6.92 Å². The molecule has 3 rings (SSSR count). The van der Waals surface area contributed by atoms with Crippen LogP contribution < -0.4 is 11.2 Å². The van der Waals surface area contributed by atoms with E-state index in [4.69, 9.17) is 10.5 Å². The number of benzene rings is 1. The van der Waals surface area contributed by atoms with Gasteiger partial charge in [-0.15, -0.1) is 0 Å². The van der Waals surface area contributed by atoms with Crippen LogP contribution >= 0.6 is 0 Å². The first kappa shape index (κ1) is 16.5. The number of nitrogens with two attached hydrogens (primary N) is 1. The zero-order chi connectivity index (χ0) is 17.1. The Balaban J connectivity index is 2.13. The number of hydrogen-bond acceptors (Lipinski definition) is 4. The van der Waals surface area contributed by atoms with Crippen LogP contribution in [0.25, 0.3) is 10.9 Å². The van der Waals surface area contributed by atoms with E-state index in [1.54, 1.807) is 17.2 Å². The van der Waals surface area contributed by atoms with E-state index in [9.17, 15) is 9.59 Å².